The molecule has 5 heteroatoms. The van der Waals surface area contributed by atoms with Crippen molar-refractivity contribution in [1.82, 2.24) is 4.83 Å². The molecule has 0 aliphatic heterocycles. The van der Waals surface area contributed by atoms with Crippen LogP contribution in [0.15, 0.2) is 40.3 Å². The molecule has 0 amide bonds. The van der Waals surface area contributed by atoms with Gasteiger partial charge in [0.2, 0.25) is 0 Å². The third-order valence-corrected chi connectivity index (χ3v) is 5.53. The Labute approximate surface area is 140 Å². The average molecular weight is 337 g/mol. The molecule has 0 atom stereocenters. The molecular formula is C18H28N2O2S. The Morgan fingerprint density at radius 3 is 1.74 bits per heavy atom. The van der Waals surface area contributed by atoms with E-state index in [-0.39, 0.29) is 4.90 Å². The van der Waals surface area contributed by atoms with Crippen LogP contribution in [0, 0.1) is 0 Å². The minimum atomic E-state index is -3.55. The molecule has 23 heavy (non-hydrogen) atoms. The molecule has 0 bridgehead atoms. The second-order valence-corrected chi connectivity index (χ2v) is 7.93. The molecule has 1 aliphatic carbocycles. The van der Waals surface area contributed by atoms with Gasteiger partial charge in [0.25, 0.3) is 10.0 Å². The number of rotatable bonds is 3. The van der Waals surface area contributed by atoms with Crippen molar-refractivity contribution in [2.24, 2.45) is 5.10 Å². The summed E-state index contributed by atoms with van der Waals surface area (Å²) in [6, 6.07) is 8.42. The van der Waals surface area contributed by atoms with Crippen LogP contribution < -0.4 is 4.83 Å². The Bertz CT molecular complexity index is 568. The summed E-state index contributed by atoms with van der Waals surface area (Å²) in [5.41, 5.74) is 0.991. The van der Waals surface area contributed by atoms with Crippen molar-refractivity contribution in [2.75, 3.05) is 0 Å². The van der Waals surface area contributed by atoms with Gasteiger partial charge >= 0.3 is 0 Å². The van der Waals surface area contributed by atoms with E-state index in [2.05, 4.69) is 9.93 Å². The van der Waals surface area contributed by atoms with Crippen LogP contribution in [0.5, 0.6) is 0 Å². The first-order valence-corrected chi connectivity index (χ1v) is 10.3. The highest BCUT2D eigenvalue weighted by atomic mass is 32.2. The van der Waals surface area contributed by atoms with Crippen molar-refractivity contribution in [3.8, 4) is 0 Å². The van der Waals surface area contributed by atoms with Crippen LogP contribution in [0.3, 0.4) is 0 Å². The second-order valence-electron chi connectivity index (χ2n) is 6.27. The molecule has 1 aromatic carbocycles. The zero-order chi connectivity index (χ0) is 16.4. The predicted molar refractivity (Wildman–Crippen MR) is 95.0 cm³/mol. The SMILES string of the molecule is O=S(=O)(NN=C1CCCCCCCCCCC1)c1ccccc1. The van der Waals surface area contributed by atoms with E-state index in [1.807, 2.05) is 0 Å². The first-order chi connectivity index (χ1) is 11.2. The number of benzene rings is 1. The fourth-order valence-corrected chi connectivity index (χ4v) is 3.78. The maximum Gasteiger partial charge on any atom is 0.276 e. The summed E-state index contributed by atoms with van der Waals surface area (Å²) < 4.78 is 24.5. The lowest BCUT2D eigenvalue weighted by atomic mass is 10.00. The van der Waals surface area contributed by atoms with E-state index in [0.29, 0.717) is 0 Å². The van der Waals surface area contributed by atoms with Crippen LogP contribution >= 0.6 is 0 Å². The Morgan fingerprint density at radius 2 is 1.22 bits per heavy atom. The van der Waals surface area contributed by atoms with E-state index in [0.717, 1.165) is 31.4 Å². The Balaban J connectivity index is 1.96. The standard InChI is InChI=1S/C18H28N2O2S/c21-23(22,18-15-11-8-12-16-18)20-19-17-13-9-6-4-2-1-3-5-7-10-14-17/h8,11-12,15-16,20H,1-7,9-10,13-14H2. The maximum absolute atomic E-state index is 12.2. The Hall–Kier alpha value is -1.36. The second kappa shape index (κ2) is 9.71. The number of sulfonamides is 1. The summed E-state index contributed by atoms with van der Waals surface area (Å²) in [5.74, 6) is 0. The summed E-state index contributed by atoms with van der Waals surface area (Å²) in [5, 5.41) is 4.24. The predicted octanol–water partition coefficient (Wildman–Crippen LogP) is 4.63. The van der Waals surface area contributed by atoms with E-state index in [4.69, 9.17) is 0 Å². The van der Waals surface area contributed by atoms with Crippen LogP contribution in [0.1, 0.15) is 70.6 Å². The number of hydrazone groups is 1. The quantitative estimate of drug-likeness (QED) is 0.818. The lowest BCUT2D eigenvalue weighted by Gasteiger charge is -2.10. The average Bonchev–Trinajstić information content (AvgIpc) is 2.55. The van der Waals surface area contributed by atoms with Gasteiger partial charge in [-0.25, -0.2) is 4.83 Å². The molecule has 1 aromatic rings. The highest BCUT2D eigenvalue weighted by molar-refractivity contribution is 7.89. The van der Waals surface area contributed by atoms with Crippen molar-refractivity contribution < 1.29 is 8.42 Å². The van der Waals surface area contributed by atoms with E-state index in [1.54, 1.807) is 30.3 Å². The minimum absolute atomic E-state index is 0.262. The van der Waals surface area contributed by atoms with Crippen LogP contribution in [0.25, 0.3) is 0 Å². The summed E-state index contributed by atoms with van der Waals surface area (Å²) >= 11 is 0. The number of nitrogens with one attached hydrogen (secondary N) is 1. The van der Waals surface area contributed by atoms with Gasteiger partial charge < -0.3 is 0 Å². The molecule has 0 aromatic heterocycles. The molecule has 0 saturated heterocycles. The zero-order valence-electron chi connectivity index (χ0n) is 13.8. The van der Waals surface area contributed by atoms with Crippen LogP contribution in [0.4, 0.5) is 0 Å². The van der Waals surface area contributed by atoms with Gasteiger partial charge in [0.15, 0.2) is 0 Å². The fourth-order valence-electron chi connectivity index (χ4n) is 2.91. The van der Waals surface area contributed by atoms with E-state index < -0.39 is 10.0 Å². The van der Waals surface area contributed by atoms with Gasteiger partial charge in [0.05, 0.1) is 4.90 Å². The van der Waals surface area contributed by atoms with Crippen LogP contribution in [-0.4, -0.2) is 14.1 Å². The molecule has 0 unspecified atom stereocenters. The van der Waals surface area contributed by atoms with Gasteiger partial charge in [-0.1, -0.05) is 63.1 Å². The summed E-state index contributed by atoms with van der Waals surface area (Å²) in [7, 11) is -3.55. The highest BCUT2D eigenvalue weighted by Crippen LogP contribution is 2.16. The lowest BCUT2D eigenvalue weighted by Crippen LogP contribution is -2.20. The van der Waals surface area contributed by atoms with Crippen molar-refractivity contribution in [3.63, 3.8) is 0 Å². The Morgan fingerprint density at radius 1 is 0.739 bits per heavy atom. The fraction of sp³-hybridized carbons (Fsp3) is 0.611. The van der Waals surface area contributed by atoms with E-state index in [1.165, 1.54) is 44.9 Å². The van der Waals surface area contributed by atoms with Crippen LogP contribution in [0.2, 0.25) is 0 Å². The number of nitrogens with zero attached hydrogens (tertiary/aromatic N) is 1. The summed E-state index contributed by atoms with van der Waals surface area (Å²) in [6.45, 7) is 0. The molecule has 1 aliphatic rings. The molecule has 0 heterocycles. The summed E-state index contributed by atoms with van der Waals surface area (Å²) in [6.07, 6.45) is 13.0. The molecule has 1 fully saturated rings. The molecule has 4 nitrogen and oxygen atoms in total. The first-order valence-electron chi connectivity index (χ1n) is 8.81. The maximum atomic E-state index is 12.2. The third-order valence-electron chi connectivity index (χ3n) is 4.31. The zero-order valence-corrected chi connectivity index (χ0v) is 14.7. The van der Waals surface area contributed by atoms with Crippen molar-refractivity contribution in [3.05, 3.63) is 30.3 Å². The van der Waals surface area contributed by atoms with Gasteiger partial charge in [-0.3, -0.25) is 0 Å². The van der Waals surface area contributed by atoms with Crippen molar-refractivity contribution in [2.45, 2.75) is 75.5 Å². The molecule has 128 valence electrons. The van der Waals surface area contributed by atoms with Crippen molar-refractivity contribution >= 4 is 15.7 Å². The van der Waals surface area contributed by atoms with E-state index >= 15 is 0 Å². The molecule has 1 saturated carbocycles. The monoisotopic (exact) mass is 336 g/mol. The van der Waals surface area contributed by atoms with Gasteiger partial charge in [-0.2, -0.15) is 13.5 Å². The van der Waals surface area contributed by atoms with Crippen LogP contribution in [-0.2, 0) is 10.0 Å². The Kier molecular flexibility index (Phi) is 7.59. The molecule has 1 N–H and O–H groups in total. The number of hydrogen-bond donors (Lipinski definition) is 1. The largest absolute Gasteiger partial charge is 0.276 e. The van der Waals surface area contributed by atoms with Crippen molar-refractivity contribution in [1.29, 1.82) is 0 Å². The normalized spacial score (nSPS) is 18.5. The highest BCUT2D eigenvalue weighted by Gasteiger charge is 2.12. The smallest absolute Gasteiger partial charge is 0.200 e. The molecule has 0 radical (unpaired) electrons. The molecule has 0 spiro atoms. The summed E-state index contributed by atoms with van der Waals surface area (Å²) in [4.78, 5) is 2.68. The van der Waals surface area contributed by atoms with Gasteiger partial charge in [-0.05, 0) is 37.8 Å². The molecule has 2 rings (SSSR count). The number of hydrogen-bond acceptors (Lipinski definition) is 3. The van der Waals surface area contributed by atoms with Gasteiger partial charge in [0.1, 0.15) is 0 Å². The van der Waals surface area contributed by atoms with Gasteiger partial charge in [0, 0.05) is 5.71 Å². The molecular weight excluding hydrogens is 308 g/mol. The minimum Gasteiger partial charge on any atom is -0.200 e. The third kappa shape index (κ3) is 6.73. The van der Waals surface area contributed by atoms with Gasteiger partial charge in [-0.15, -0.1) is 0 Å². The van der Waals surface area contributed by atoms with E-state index in [9.17, 15) is 8.42 Å². The first kappa shape index (κ1) is 18.0. The topological polar surface area (TPSA) is 58.5 Å². The lowest BCUT2D eigenvalue weighted by molar-refractivity contribution is 0.554.